The normalized spacial score (nSPS) is 24.8. The van der Waals surface area contributed by atoms with Gasteiger partial charge in [0, 0.05) is 39.1 Å². The predicted octanol–water partition coefficient (Wildman–Crippen LogP) is 1.75. The molecular formula is C22H31N3O3. The molecule has 0 spiro atoms. The molecule has 2 heterocycles. The summed E-state index contributed by atoms with van der Waals surface area (Å²) in [6.07, 6.45) is 4.09. The Morgan fingerprint density at radius 2 is 1.89 bits per heavy atom. The van der Waals surface area contributed by atoms with E-state index in [0.717, 1.165) is 58.7 Å². The molecular weight excluding hydrogens is 354 g/mol. The van der Waals surface area contributed by atoms with Crippen LogP contribution in [0.3, 0.4) is 0 Å². The second kappa shape index (κ2) is 8.62. The Morgan fingerprint density at radius 3 is 2.61 bits per heavy atom. The van der Waals surface area contributed by atoms with Crippen molar-refractivity contribution in [2.75, 3.05) is 45.9 Å². The number of carbonyl (C=O) groups is 2. The van der Waals surface area contributed by atoms with Crippen LogP contribution in [0.25, 0.3) is 0 Å². The zero-order valence-electron chi connectivity index (χ0n) is 16.6. The van der Waals surface area contributed by atoms with Crippen LogP contribution in [0.2, 0.25) is 0 Å². The number of piperidine rings is 1. The van der Waals surface area contributed by atoms with Crippen molar-refractivity contribution in [3.8, 4) is 0 Å². The lowest BCUT2D eigenvalue weighted by Gasteiger charge is -2.34. The lowest BCUT2D eigenvalue weighted by atomic mass is 9.95. The quantitative estimate of drug-likeness (QED) is 0.777. The Kier molecular flexibility index (Phi) is 5.97. The van der Waals surface area contributed by atoms with Crippen LogP contribution in [0, 0.1) is 5.92 Å². The molecule has 152 valence electrons. The SMILES string of the molecule is O=C(NC1(c2ccccc2)CC1)[C@H]1CCC(=O)N(CCCN2CCOCC2)C1. The van der Waals surface area contributed by atoms with E-state index in [4.69, 9.17) is 4.74 Å². The van der Waals surface area contributed by atoms with Crippen LogP contribution in [0.4, 0.5) is 0 Å². The van der Waals surface area contributed by atoms with Gasteiger partial charge in [0.1, 0.15) is 0 Å². The molecule has 1 aromatic rings. The summed E-state index contributed by atoms with van der Waals surface area (Å²) in [5.74, 6) is 0.199. The zero-order chi connectivity index (χ0) is 19.4. The number of nitrogens with zero attached hydrogens (tertiary/aromatic N) is 2. The van der Waals surface area contributed by atoms with Gasteiger partial charge in [0.05, 0.1) is 24.7 Å². The number of nitrogens with one attached hydrogen (secondary N) is 1. The average Bonchev–Trinajstić information content (AvgIpc) is 3.51. The first-order valence-electron chi connectivity index (χ1n) is 10.6. The van der Waals surface area contributed by atoms with Crippen LogP contribution in [0.5, 0.6) is 0 Å². The van der Waals surface area contributed by atoms with Crippen molar-refractivity contribution in [3.63, 3.8) is 0 Å². The Hall–Kier alpha value is -1.92. The molecule has 6 heteroatoms. The first kappa shape index (κ1) is 19.4. The largest absolute Gasteiger partial charge is 0.379 e. The minimum Gasteiger partial charge on any atom is -0.379 e. The summed E-state index contributed by atoms with van der Waals surface area (Å²) in [4.78, 5) is 29.5. The van der Waals surface area contributed by atoms with E-state index in [1.807, 2.05) is 23.1 Å². The minimum absolute atomic E-state index is 0.0951. The number of rotatable bonds is 7. The Labute approximate surface area is 167 Å². The van der Waals surface area contributed by atoms with E-state index in [0.29, 0.717) is 19.4 Å². The first-order valence-corrected chi connectivity index (χ1v) is 10.6. The maximum absolute atomic E-state index is 12.9. The molecule has 1 aliphatic carbocycles. The molecule has 1 N–H and O–H groups in total. The molecule has 1 saturated carbocycles. The van der Waals surface area contributed by atoms with Crippen molar-refractivity contribution < 1.29 is 14.3 Å². The standard InChI is InChI=1S/C22H31N3O3/c26-20-8-7-18(17-25(20)12-4-11-24-13-15-28-16-14-24)21(27)23-22(9-10-22)19-5-2-1-3-6-19/h1-3,5-6,18H,4,7-17H2,(H,23,27)/t18-/m0/s1. The maximum atomic E-state index is 12.9. The van der Waals surface area contributed by atoms with Gasteiger partial charge in [-0.1, -0.05) is 30.3 Å². The molecule has 3 fully saturated rings. The van der Waals surface area contributed by atoms with Crippen LogP contribution < -0.4 is 5.32 Å². The Bertz CT molecular complexity index is 684. The highest BCUT2D eigenvalue weighted by molar-refractivity contribution is 5.84. The molecule has 6 nitrogen and oxygen atoms in total. The zero-order valence-corrected chi connectivity index (χ0v) is 16.6. The number of benzene rings is 1. The summed E-state index contributed by atoms with van der Waals surface area (Å²) >= 11 is 0. The number of hydrogen-bond acceptors (Lipinski definition) is 4. The summed E-state index contributed by atoms with van der Waals surface area (Å²) in [6, 6.07) is 10.2. The highest BCUT2D eigenvalue weighted by Crippen LogP contribution is 2.45. The smallest absolute Gasteiger partial charge is 0.225 e. The van der Waals surface area contributed by atoms with Crippen molar-refractivity contribution >= 4 is 11.8 Å². The highest BCUT2D eigenvalue weighted by atomic mass is 16.5. The first-order chi connectivity index (χ1) is 13.7. The number of carbonyl (C=O) groups excluding carboxylic acids is 2. The fourth-order valence-corrected chi connectivity index (χ4v) is 4.36. The molecule has 1 aromatic carbocycles. The summed E-state index contributed by atoms with van der Waals surface area (Å²) in [5.41, 5.74) is 1.01. The van der Waals surface area contributed by atoms with Gasteiger partial charge in [-0.15, -0.1) is 0 Å². The second-order valence-corrected chi connectivity index (χ2v) is 8.32. The predicted molar refractivity (Wildman–Crippen MR) is 107 cm³/mol. The second-order valence-electron chi connectivity index (χ2n) is 8.32. The third-order valence-corrected chi connectivity index (χ3v) is 6.32. The van der Waals surface area contributed by atoms with Gasteiger partial charge in [0.2, 0.25) is 11.8 Å². The van der Waals surface area contributed by atoms with E-state index in [1.165, 1.54) is 5.56 Å². The van der Waals surface area contributed by atoms with Crippen molar-refractivity contribution in [1.82, 2.24) is 15.1 Å². The lowest BCUT2D eigenvalue weighted by molar-refractivity contribution is -0.138. The highest BCUT2D eigenvalue weighted by Gasteiger charge is 2.46. The number of ether oxygens (including phenoxy) is 1. The molecule has 2 amide bonds. The van der Waals surface area contributed by atoms with Gasteiger partial charge >= 0.3 is 0 Å². The van der Waals surface area contributed by atoms with Crippen LogP contribution in [0.15, 0.2) is 30.3 Å². The number of likely N-dealkylation sites (tertiary alicyclic amines) is 1. The Morgan fingerprint density at radius 1 is 1.14 bits per heavy atom. The molecule has 2 aliphatic heterocycles. The Balaban J connectivity index is 1.28. The summed E-state index contributed by atoms with van der Waals surface area (Å²) in [7, 11) is 0. The average molecular weight is 386 g/mol. The van der Waals surface area contributed by atoms with Gasteiger partial charge in [-0.2, -0.15) is 0 Å². The number of morpholine rings is 1. The van der Waals surface area contributed by atoms with Crippen LogP contribution >= 0.6 is 0 Å². The van der Waals surface area contributed by atoms with E-state index < -0.39 is 0 Å². The van der Waals surface area contributed by atoms with Crippen molar-refractivity contribution in [1.29, 1.82) is 0 Å². The van der Waals surface area contributed by atoms with Gasteiger partial charge in [0.25, 0.3) is 0 Å². The van der Waals surface area contributed by atoms with E-state index in [2.05, 4.69) is 22.3 Å². The molecule has 2 saturated heterocycles. The van der Waals surface area contributed by atoms with Gasteiger partial charge in [-0.25, -0.2) is 0 Å². The van der Waals surface area contributed by atoms with E-state index >= 15 is 0 Å². The topological polar surface area (TPSA) is 61.9 Å². The monoisotopic (exact) mass is 385 g/mol. The van der Waals surface area contributed by atoms with E-state index in [1.54, 1.807) is 0 Å². The lowest BCUT2D eigenvalue weighted by Crippen LogP contribution is -2.48. The van der Waals surface area contributed by atoms with E-state index in [9.17, 15) is 9.59 Å². The number of amides is 2. The third-order valence-electron chi connectivity index (χ3n) is 6.32. The molecule has 0 radical (unpaired) electrons. The molecule has 28 heavy (non-hydrogen) atoms. The van der Waals surface area contributed by atoms with Crippen LogP contribution in [-0.2, 0) is 19.9 Å². The maximum Gasteiger partial charge on any atom is 0.225 e. The summed E-state index contributed by atoms with van der Waals surface area (Å²) in [5, 5.41) is 3.30. The fraction of sp³-hybridized carbons (Fsp3) is 0.636. The molecule has 0 unspecified atom stereocenters. The van der Waals surface area contributed by atoms with Crippen LogP contribution in [0.1, 0.15) is 37.7 Å². The molecule has 4 rings (SSSR count). The van der Waals surface area contributed by atoms with Gasteiger partial charge < -0.3 is 15.0 Å². The van der Waals surface area contributed by atoms with Gasteiger partial charge in [-0.05, 0) is 31.2 Å². The number of hydrogen-bond donors (Lipinski definition) is 1. The molecule has 1 atom stereocenters. The summed E-state index contributed by atoms with van der Waals surface area (Å²) in [6.45, 7) is 5.83. The molecule has 0 aromatic heterocycles. The van der Waals surface area contributed by atoms with Crippen LogP contribution in [-0.4, -0.2) is 67.6 Å². The van der Waals surface area contributed by atoms with Crippen molar-refractivity contribution in [3.05, 3.63) is 35.9 Å². The van der Waals surface area contributed by atoms with Crippen molar-refractivity contribution in [2.24, 2.45) is 5.92 Å². The fourth-order valence-electron chi connectivity index (χ4n) is 4.36. The minimum atomic E-state index is -0.180. The van der Waals surface area contributed by atoms with Gasteiger partial charge in [-0.3, -0.25) is 14.5 Å². The molecule has 3 aliphatic rings. The molecule has 0 bridgehead atoms. The summed E-state index contributed by atoms with van der Waals surface area (Å²) < 4.78 is 5.38. The van der Waals surface area contributed by atoms with E-state index in [-0.39, 0.29) is 23.3 Å². The van der Waals surface area contributed by atoms with Crippen molar-refractivity contribution in [2.45, 2.75) is 37.6 Å². The van der Waals surface area contributed by atoms with Gasteiger partial charge in [0.15, 0.2) is 0 Å². The third kappa shape index (κ3) is 4.55.